The summed E-state index contributed by atoms with van der Waals surface area (Å²) in [7, 11) is 0. The van der Waals surface area contributed by atoms with Gasteiger partial charge in [-0.1, -0.05) is 38.1 Å². The Bertz CT molecular complexity index is 444. The summed E-state index contributed by atoms with van der Waals surface area (Å²) in [5.74, 6) is 0.479. The van der Waals surface area contributed by atoms with Crippen LogP contribution in [0.3, 0.4) is 0 Å². The smallest absolute Gasteiger partial charge is 0.220 e. The van der Waals surface area contributed by atoms with E-state index >= 15 is 0 Å². The number of Topliss-reactive ketones (excluding diaryl/α,β-unsaturated/α-hetero) is 1. The molecule has 0 spiro atoms. The molecule has 0 aliphatic heterocycles. The van der Waals surface area contributed by atoms with Crippen molar-refractivity contribution in [3.05, 3.63) is 35.4 Å². The lowest BCUT2D eigenvalue weighted by molar-refractivity contribution is -0.121. The number of benzene rings is 1. The summed E-state index contributed by atoms with van der Waals surface area (Å²) >= 11 is 0. The van der Waals surface area contributed by atoms with Gasteiger partial charge in [-0.15, -0.1) is 12.4 Å². The van der Waals surface area contributed by atoms with Crippen molar-refractivity contribution in [2.75, 3.05) is 13.1 Å². The molecule has 1 rings (SSSR count). The molecule has 118 valence electrons. The van der Waals surface area contributed by atoms with Crippen molar-refractivity contribution in [3.63, 3.8) is 0 Å². The van der Waals surface area contributed by atoms with Crippen LogP contribution in [-0.4, -0.2) is 24.8 Å². The zero-order valence-corrected chi connectivity index (χ0v) is 13.5. The first-order valence-electron chi connectivity index (χ1n) is 7.12. The van der Waals surface area contributed by atoms with Crippen LogP contribution in [0.1, 0.15) is 42.6 Å². The number of hydrogen-bond donors (Lipinski definition) is 2. The fraction of sp³-hybridized carbons (Fsp3) is 0.500. The maximum atomic E-state index is 12.0. The number of amides is 1. The fourth-order valence-corrected chi connectivity index (χ4v) is 1.97. The van der Waals surface area contributed by atoms with Gasteiger partial charge in [0.15, 0.2) is 5.78 Å². The van der Waals surface area contributed by atoms with Crippen LogP contribution >= 0.6 is 12.4 Å². The molecule has 1 amide bonds. The monoisotopic (exact) mass is 312 g/mol. The van der Waals surface area contributed by atoms with Gasteiger partial charge in [0, 0.05) is 31.5 Å². The predicted molar refractivity (Wildman–Crippen MR) is 87.9 cm³/mol. The minimum absolute atomic E-state index is 0. The molecule has 1 aromatic rings. The van der Waals surface area contributed by atoms with Crippen LogP contribution in [0, 0.1) is 5.92 Å². The van der Waals surface area contributed by atoms with Crippen molar-refractivity contribution in [2.45, 2.75) is 33.1 Å². The summed E-state index contributed by atoms with van der Waals surface area (Å²) in [6, 6.07) is 7.67. The molecule has 21 heavy (non-hydrogen) atoms. The Morgan fingerprint density at radius 1 is 1.14 bits per heavy atom. The molecule has 0 unspecified atom stereocenters. The fourth-order valence-electron chi connectivity index (χ4n) is 1.97. The van der Waals surface area contributed by atoms with Crippen LogP contribution in [0.5, 0.6) is 0 Å². The van der Waals surface area contributed by atoms with Crippen LogP contribution in [0.15, 0.2) is 24.3 Å². The molecular weight excluding hydrogens is 288 g/mol. The topological polar surface area (TPSA) is 72.2 Å². The van der Waals surface area contributed by atoms with Crippen molar-refractivity contribution in [2.24, 2.45) is 11.7 Å². The van der Waals surface area contributed by atoms with E-state index < -0.39 is 0 Å². The van der Waals surface area contributed by atoms with E-state index in [0.29, 0.717) is 24.6 Å². The normalized spacial score (nSPS) is 10.1. The van der Waals surface area contributed by atoms with Crippen LogP contribution in [-0.2, 0) is 11.2 Å². The van der Waals surface area contributed by atoms with E-state index in [4.69, 9.17) is 5.73 Å². The highest BCUT2D eigenvalue weighted by Crippen LogP contribution is 2.11. The molecule has 4 nitrogen and oxygen atoms in total. The Morgan fingerprint density at radius 2 is 1.76 bits per heavy atom. The summed E-state index contributed by atoms with van der Waals surface area (Å²) < 4.78 is 0. The van der Waals surface area contributed by atoms with Gasteiger partial charge >= 0.3 is 0 Å². The Labute approximate surface area is 132 Å². The molecule has 0 heterocycles. The summed E-state index contributed by atoms with van der Waals surface area (Å²) in [5, 5.41) is 2.65. The lowest BCUT2D eigenvalue weighted by atomic mass is 9.99. The second kappa shape index (κ2) is 10.4. The zero-order chi connectivity index (χ0) is 15.0. The van der Waals surface area contributed by atoms with Gasteiger partial charge in [0.1, 0.15) is 0 Å². The molecule has 0 atom stereocenters. The number of hydrogen-bond acceptors (Lipinski definition) is 3. The first kappa shape index (κ1) is 19.6. The lowest BCUT2D eigenvalue weighted by Crippen LogP contribution is -2.29. The molecule has 0 bridgehead atoms. The van der Waals surface area contributed by atoms with E-state index in [1.807, 2.05) is 24.3 Å². The Balaban J connectivity index is 0.00000400. The number of carbonyl (C=O) groups is 2. The second-order valence-electron chi connectivity index (χ2n) is 5.36. The average Bonchev–Trinajstić information content (AvgIpc) is 2.42. The van der Waals surface area contributed by atoms with Crippen molar-refractivity contribution in [1.29, 1.82) is 0 Å². The molecule has 0 saturated heterocycles. The Hall–Kier alpha value is -1.39. The molecule has 0 saturated carbocycles. The maximum absolute atomic E-state index is 12.0. The minimum Gasteiger partial charge on any atom is -0.355 e. The highest BCUT2D eigenvalue weighted by Gasteiger charge is 2.09. The molecule has 0 aliphatic carbocycles. The summed E-state index contributed by atoms with van der Waals surface area (Å²) in [4.78, 5) is 23.3. The van der Waals surface area contributed by atoms with E-state index in [1.165, 1.54) is 5.56 Å². The van der Waals surface area contributed by atoms with Gasteiger partial charge in [-0.3, -0.25) is 9.59 Å². The summed E-state index contributed by atoms with van der Waals surface area (Å²) in [5.41, 5.74) is 7.19. The van der Waals surface area contributed by atoms with Gasteiger partial charge in [0.2, 0.25) is 5.91 Å². The van der Waals surface area contributed by atoms with Crippen LogP contribution in [0.2, 0.25) is 0 Å². The number of ketones is 1. The molecule has 0 radical (unpaired) electrons. The third kappa shape index (κ3) is 7.83. The van der Waals surface area contributed by atoms with Gasteiger partial charge < -0.3 is 11.1 Å². The molecule has 5 heteroatoms. The van der Waals surface area contributed by atoms with Gasteiger partial charge in [-0.25, -0.2) is 0 Å². The van der Waals surface area contributed by atoms with Crippen molar-refractivity contribution >= 4 is 24.1 Å². The molecular formula is C16H25ClN2O2. The van der Waals surface area contributed by atoms with E-state index in [2.05, 4.69) is 19.2 Å². The van der Waals surface area contributed by atoms with Crippen molar-refractivity contribution in [1.82, 2.24) is 5.32 Å². The standard InChI is InChI=1S/C16H24N2O2.ClH/c1-12(2)11-13-3-5-14(6-4-13)15(19)7-8-16(20)18-10-9-17;/h3-6,12H,7-11,17H2,1-2H3,(H,18,20);1H. The molecule has 3 N–H and O–H groups in total. The van der Waals surface area contributed by atoms with E-state index in [1.54, 1.807) is 0 Å². The third-order valence-electron chi connectivity index (χ3n) is 2.97. The first-order valence-corrected chi connectivity index (χ1v) is 7.12. The molecule has 0 aliphatic rings. The number of nitrogens with one attached hydrogen (secondary N) is 1. The summed E-state index contributed by atoms with van der Waals surface area (Å²) in [6.07, 6.45) is 1.46. The average molecular weight is 313 g/mol. The molecule has 0 aromatic heterocycles. The number of nitrogens with two attached hydrogens (primary N) is 1. The number of rotatable bonds is 8. The van der Waals surface area contributed by atoms with Gasteiger partial charge in [0.05, 0.1) is 0 Å². The maximum Gasteiger partial charge on any atom is 0.220 e. The van der Waals surface area contributed by atoms with Crippen LogP contribution in [0.25, 0.3) is 0 Å². The molecule has 1 aromatic carbocycles. The Kier molecular flexibility index (Phi) is 9.67. The van der Waals surface area contributed by atoms with Gasteiger partial charge in [-0.05, 0) is 17.9 Å². The van der Waals surface area contributed by atoms with E-state index in [9.17, 15) is 9.59 Å². The van der Waals surface area contributed by atoms with E-state index in [0.717, 1.165) is 6.42 Å². The van der Waals surface area contributed by atoms with E-state index in [-0.39, 0.29) is 36.9 Å². The number of halogens is 1. The SMILES string of the molecule is CC(C)Cc1ccc(C(=O)CCC(=O)NCCN)cc1.Cl. The van der Waals surface area contributed by atoms with Crippen LogP contribution < -0.4 is 11.1 Å². The zero-order valence-electron chi connectivity index (χ0n) is 12.7. The Morgan fingerprint density at radius 3 is 2.29 bits per heavy atom. The number of carbonyl (C=O) groups excluding carboxylic acids is 2. The first-order chi connectivity index (χ1) is 9.52. The van der Waals surface area contributed by atoms with Crippen molar-refractivity contribution in [3.8, 4) is 0 Å². The largest absolute Gasteiger partial charge is 0.355 e. The van der Waals surface area contributed by atoms with Crippen LogP contribution in [0.4, 0.5) is 0 Å². The molecule has 0 fully saturated rings. The third-order valence-corrected chi connectivity index (χ3v) is 2.97. The van der Waals surface area contributed by atoms with Gasteiger partial charge in [-0.2, -0.15) is 0 Å². The highest BCUT2D eigenvalue weighted by molar-refractivity contribution is 5.97. The quantitative estimate of drug-likeness (QED) is 0.724. The van der Waals surface area contributed by atoms with Gasteiger partial charge in [0.25, 0.3) is 0 Å². The lowest BCUT2D eigenvalue weighted by Gasteiger charge is -2.06. The highest BCUT2D eigenvalue weighted by atomic mass is 35.5. The summed E-state index contributed by atoms with van der Waals surface area (Å²) in [6.45, 7) is 5.20. The van der Waals surface area contributed by atoms with Crippen molar-refractivity contribution < 1.29 is 9.59 Å². The minimum atomic E-state index is -0.125. The predicted octanol–water partition coefficient (Wildman–Crippen LogP) is 2.34. The second-order valence-corrected chi connectivity index (χ2v) is 5.36.